The highest BCUT2D eigenvalue weighted by Gasteiger charge is 2.15. The van der Waals surface area contributed by atoms with Gasteiger partial charge in [0.15, 0.2) is 5.82 Å². The Morgan fingerprint density at radius 2 is 2.28 bits per heavy atom. The molecule has 2 N–H and O–H groups in total. The first-order valence-corrected chi connectivity index (χ1v) is 5.19. The van der Waals surface area contributed by atoms with Crippen molar-refractivity contribution in [2.24, 2.45) is 0 Å². The lowest BCUT2D eigenvalue weighted by atomic mass is 10.3. The third-order valence-electron chi connectivity index (χ3n) is 2.38. The largest absolute Gasteiger partial charge is 0.478 e. The molecule has 0 aliphatic carbocycles. The second-order valence-corrected chi connectivity index (χ2v) is 3.81. The second kappa shape index (κ2) is 3.77. The molecule has 0 aliphatic heterocycles. The second-order valence-electron chi connectivity index (χ2n) is 3.45. The minimum atomic E-state index is -1.10. The summed E-state index contributed by atoms with van der Waals surface area (Å²) in [5, 5.41) is 22.2. The third kappa shape index (κ3) is 1.51. The fraction of sp³-hybridized carbons (Fsp3) is 0. The highest BCUT2D eigenvalue weighted by atomic mass is 35.5. The number of hydrogen-bond donors (Lipinski definition) is 2. The van der Waals surface area contributed by atoms with E-state index in [0.29, 0.717) is 17.2 Å². The molecule has 3 rings (SSSR count). The molecule has 0 saturated carbocycles. The van der Waals surface area contributed by atoms with E-state index in [1.165, 1.54) is 10.5 Å². The number of halogens is 1. The van der Waals surface area contributed by atoms with Gasteiger partial charge in [-0.15, -0.1) is 5.10 Å². The number of aromatic amines is 1. The number of pyridine rings is 1. The topological polar surface area (TPSA) is 109 Å². The molecule has 90 valence electrons. The number of hydrogen-bond acceptors (Lipinski definition) is 5. The van der Waals surface area contributed by atoms with Crippen LogP contribution in [-0.4, -0.2) is 41.1 Å². The van der Waals surface area contributed by atoms with Crippen LogP contribution >= 0.6 is 11.6 Å². The molecule has 0 aromatic carbocycles. The molecule has 0 fully saturated rings. The predicted octanol–water partition coefficient (Wildman–Crippen LogP) is 0.866. The summed E-state index contributed by atoms with van der Waals surface area (Å²) < 4.78 is 1.46. The van der Waals surface area contributed by atoms with Crippen molar-refractivity contribution < 1.29 is 9.90 Å². The Labute approximate surface area is 104 Å². The Morgan fingerprint density at radius 3 is 2.94 bits per heavy atom. The van der Waals surface area contributed by atoms with Crippen molar-refractivity contribution in [1.29, 1.82) is 0 Å². The minimum absolute atomic E-state index is 0.00353. The standard InChI is InChI=1S/C9H5ClN6O2/c10-7-4(9(17)18)1-2-6-11-5(3-16(6)7)8-12-14-15-13-8/h1-3H,(H,17,18)(H,12,13,14,15). The van der Waals surface area contributed by atoms with Crippen molar-refractivity contribution in [3.63, 3.8) is 0 Å². The van der Waals surface area contributed by atoms with Gasteiger partial charge in [0.05, 0.1) is 5.56 Å². The average molecular weight is 265 g/mol. The monoisotopic (exact) mass is 264 g/mol. The van der Waals surface area contributed by atoms with E-state index in [1.54, 1.807) is 12.3 Å². The van der Waals surface area contributed by atoms with Crippen LogP contribution in [0.25, 0.3) is 17.2 Å². The van der Waals surface area contributed by atoms with Crippen molar-refractivity contribution in [3.05, 3.63) is 29.0 Å². The zero-order valence-electron chi connectivity index (χ0n) is 8.70. The molecule has 0 spiro atoms. The normalized spacial score (nSPS) is 10.9. The first-order chi connectivity index (χ1) is 8.66. The van der Waals surface area contributed by atoms with Crippen molar-refractivity contribution in [2.45, 2.75) is 0 Å². The van der Waals surface area contributed by atoms with E-state index >= 15 is 0 Å². The molecular formula is C9H5ClN6O2. The molecule has 9 heteroatoms. The predicted molar refractivity (Wildman–Crippen MR) is 60.3 cm³/mol. The van der Waals surface area contributed by atoms with E-state index < -0.39 is 5.97 Å². The fourth-order valence-corrected chi connectivity index (χ4v) is 1.85. The Hall–Kier alpha value is -2.48. The molecular weight excluding hydrogens is 260 g/mol. The number of carboxylic acids is 1. The van der Waals surface area contributed by atoms with Crippen molar-refractivity contribution in [2.75, 3.05) is 0 Å². The van der Waals surface area contributed by atoms with Gasteiger partial charge in [0.1, 0.15) is 16.5 Å². The number of nitrogens with one attached hydrogen (secondary N) is 1. The number of fused-ring (bicyclic) bond motifs is 1. The van der Waals surface area contributed by atoms with Crippen molar-refractivity contribution in [1.82, 2.24) is 30.0 Å². The summed E-state index contributed by atoms with van der Waals surface area (Å²) in [6.45, 7) is 0. The molecule has 0 aliphatic rings. The summed E-state index contributed by atoms with van der Waals surface area (Å²) >= 11 is 5.99. The number of carbonyl (C=O) groups is 1. The quantitative estimate of drug-likeness (QED) is 0.665. The smallest absolute Gasteiger partial charge is 0.338 e. The summed E-state index contributed by atoms with van der Waals surface area (Å²) in [5.74, 6) is -0.717. The molecule has 0 radical (unpaired) electrons. The van der Waals surface area contributed by atoms with E-state index in [0.717, 1.165) is 0 Å². The van der Waals surface area contributed by atoms with Gasteiger partial charge in [-0.25, -0.2) is 14.9 Å². The number of tetrazole rings is 1. The van der Waals surface area contributed by atoms with Crippen LogP contribution in [0.3, 0.4) is 0 Å². The number of nitrogens with zero attached hydrogens (tertiary/aromatic N) is 5. The first-order valence-electron chi connectivity index (χ1n) is 4.82. The number of carboxylic acid groups (broad SMARTS) is 1. The molecule has 8 nitrogen and oxygen atoms in total. The van der Waals surface area contributed by atoms with Gasteiger partial charge in [-0.2, -0.15) is 0 Å². The molecule has 18 heavy (non-hydrogen) atoms. The molecule has 0 amide bonds. The van der Waals surface area contributed by atoms with Crippen LogP contribution in [0.2, 0.25) is 5.15 Å². The Kier molecular flexibility index (Phi) is 2.23. The van der Waals surface area contributed by atoms with Crippen LogP contribution in [0.5, 0.6) is 0 Å². The van der Waals surface area contributed by atoms with Gasteiger partial charge in [0, 0.05) is 6.20 Å². The Balaban J connectivity index is 2.24. The first kappa shape index (κ1) is 10.7. The molecule has 0 unspecified atom stereocenters. The molecule has 3 heterocycles. The van der Waals surface area contributed by atoms with Gasteiger partial charge >= 0.3 is 5.97 Å². The van der Waals surface area contributed by atoms with Gasteiger partial charge in [-0.05, 0) is 22.6 Å². The Morgan fingerprint density at radius 1 is 1.44 bits per heavy atom. The van der Waals surface area contributed by atoms with Crippen LogP contribution in [0.1, 0.15) is 10.4 Å². The van der Waals surface area contributed by atoms with E-state index in [9.17, 15) is 4.79 Å². The van der Waals surface area contributed by atoms with Gasteiger partial charge in [-0.1, -0.05) is 11.6 Å². The van der Waals surface area contributed by atoms with E-state index in [2.05, 4.69) is 25.6 Å². The Bertz CT molecular complexity index is 735. The highest BCUT2D eigenvalue weighted by Crippen LogP contribution is 2.21. The number of H-pyrrole nitrogens is 1. The number of rotatable bonds is 2. The van der Waals surface area contributed by atoms with Gasteiger partial charge in [0.25, 0.3) is 0 Å². The van der Waals surface area contributed by atoms with Gasteiger partial charge in [0.2, 0.25) is 0 Å². The zero-order chi connectivity index (χ0) is 12.7. The average Bonchev–Trinajstić information content (AvgIpc) is 2.97. The molecule has 3 aromatic rings. The van der Waals surface area contributed by atoms with Crippen LogP contribution < -0.4 is 0 Å². The maximum absolute atomic E-state index is 10.9. The summed E-state index contributed by atoms with van der Waals surface area (Å²) in [6.07, 6.45) is 1.56. The van der Waals surface area contributed by atoms with Crippen molar-refractivity contribution in [3.8, 4) is 11.5 Å². The number of aromatic nitrogens is 6. The van der Waals surface area contributed by atoms with Crippen LogP contribution in [0, 0.1) is 0 Å². The van der Waals surface area contributed by atoms with Gasteiger partial charge in [-0.3, -0.25) is 4.40 Å². The van der Waals surface area contributed by atoms with Crippen LogP contribution in [0.15, 0.2) is 18.3 Å². The summed E-state index contributed by atoms with van der Waals surface area (Å²) in [6, 6.07) is 2.96. The number of imidazole rings is 1. The lowest BCUT2D eigenvalue weighted by Gasteiger charge is -2.00. The minimum Gasteiger partial charge on any atom is -0.478 e. The lowest BCUT2D eigenvalue weighted by molar-refractivity contribution is 0.0696. The zero-order valence-corrected chi connectivity index (χ0v) is 9.46. The fourth-order valence-electron chi connectivity index (χ4n) is 1.57. The van der Waals surface area contributed by atoms with E-state index in [-0.39, 0.29) is 10.7 Å². The highest BCUT2D eigenvalue weighted by molar-refractivity contribution is 6.32. The summed E-state index contributed by atoms with van der Waals surface area (Å²) in [5.41, 5.74) is 0.990. The van der Waals surface area contributed by atoms with Crippen LogP contribution in [0.4, 0.5) is 0 Å². The maximum atomic E-state index is 10.9. The molecule has 0 atom stereocenters. The van der Waals surface area contributed by atoms with Crippen molar-refractivity contribution >= 4 is 23.2 Å². The summed E-state index contributed by atoms with van der Waals surface area (Å²) in [4.78, 5) is 15.2. The van der Waals surface area contributed by atoms with E-state index in [1.807, 2.05) is 0 Å². The molecule has 0 bridgehead atoms. The van der Waals surface area contributed by atoms with E-state index in [4.69, 9.17) is 16.7 Å². The maximum Gasteiger partial charge on any atom is 0.338 e. The van der Waals surface area contributed by atoms with Gasteiger partial charge < -0.3 is 5.11 Å². The molecule has 3 aromatic heterocycles. The SMILES string of the molecule is O=C(O)c1ccc2nc(-c3nnn[nH]3)cn2c1Cl. The van der Waals surface area contributed by atoms with Crippen LogP contribution in [-0.2, 0) is 0 Å². The molecule has 0 saturated heterocycles. The lowest BCUT2D eigenvalue weighted by Crippen LogP contribution is -2.00. The number of aromatic carboxylic acids is 1. The third-order valence-corrected chi connectivity index (χ3v) is 2.77. The summed E-state index contributed by atoms with van der Waals surface area (Å²) in [7, 11) is 0.